The van der Waals surface area contributed by atoms with Gasteiger partial charge in [0.05, 0.1) is 0 Å². The number of anilines is 1. The van der Waals surface area contributed by atoms with E-state index in [4.69, 9.17) is 0 Å². The van der Waals surface area contributed by atoms with E-state index in [0.717, 1.165) is 24.9 Å². The maximum atomic E-state index is 4.23. The smallest absolute Gasteiger partial charge is 0.224 e. The highest BCUT2D eigenvalue weighted by molar-refractivity contribution is 5.25. The second-order valence-corrected chi connectivity index (χ2v) is 3.93. The van der Waals surface area contributed by atoms with Crippen LogP contribution in [0.2, 0.25) is 0 Å². The van der Waals surface area contributed by atoms with Crippen molar-refractivity contribution in [2.24, 2.45) is 13.0 Å². The van der Waals surface area contributed by atoms with Gasteiger partial charge in [-0.3, -0.25) is 0 Å². The number of hydrogen-bond donors (Lipinski definition) is 2. The lowest BCUT2D eigenvalue weighted by molar-refractivity contribution is 0.529. The first-order valence-electron chi connectivity index (χ1n) is 5.01. The van der Waals surface area contributed by atoms with Crippen LogP contribution in [0.4, 0.5) is 5.95 Å². The van der Waals surface area contributed by atoms with Crippen molar-refractivity contribution in [1.82, 2.24) is 20.1 Å². The third kappa shape index (κ3) is 1.37. The van der Waals surface area contributed by atoms with Crippen molar-refractivity contribution in [2.45, 2.75) is 12.8 Å². The first-order valence-corrected chi connectivity index (χ1v) is 5.01. The molecule has 5 nitrogen and oxygen atoms in total. The highest BCUT2D eigenvalue weighted by atomic mass is 15.3. The zero-order chi connectivity index (χ0) is 10.1. The molecule has 2 atom stereocenters. The van der Waals surface area contributed by atoms with E-state index in [1.165, 1.54) is 0 Å². The normalized spacial score (nSPS) is 26.8. The lowest BCUT2D eigenvalue weighted by Crippen LogP contribution is -2.13. The van der Waals surface area contributed by atoms with Gasteiger partial charge in [0, 0.05) is 26.6 Å². The maximum Gasteiger partial charge on any atom is 0.224 e. The Morgan fingerprint density at radius 3 is 2.71 bits per heavy atom. The maximum absolute atomic E-state index is 4.23. The molecule has 78 valence electrons. The summed E-state index contributed by atoms with van der Waals surface area (Å²) in [6.45, 7) is 4.33. The molecule has 0 saturated carbocycles. The Bertz CT molecular complexity index is 319. The van der Waals surface area contributed by atoms with Gasteiger partial charge in [-0.2, -0.15) is 0 Å². The Morgan fingerprint density at radius 2 is 2.21 bits per heavy atom. The number of aromatic nitrogens is 3. The Balaban J connectivity index is 2.27. The summed E-state index contributed by atoms with van der Waals surface area (Å²) in [5.74, 6) is 3.04. The number of rotatable bonds is 2. The number of nitrogens with one attached hydrogen (secondary N) is 2. The van der Waals surface area contributed by atoms with Gasteiger partial charge in [-0.25, -0.2) is 0 Å². The molecule has 0 radical (unpaired) electrons. The molecule has 0 bridgehead atoms. The molecule has 1 aromatic heterocycles. The van der Waals surface area contributed by atoms with Crippen molar-refractivity contribution in [1.29, 1.82) is 0 Å². The topological polar surface area (TPSA) is 54.8 Å². The van der Waals surface area contributed by atoms with Crippen LogP contribution >= 0.6 is 0 Å². The monoisotopic (exact) mass is 195 g/mol. The minimum Gasteiger partial charge on any atom is -0.357 e. The van der Waals surface area contributed by atoms with E-state index in [1.807, 2.05) is 18.7 Å². The molecule has 14 heavy (non-hydrogen) atoms. The molecule has 0 aromatic carbocycles. The number of nitrogens with zero attached hydrogens (tertiary/aromatic N) is 3. The minimum atomic E-state index is 0.495. The summed E-state index contributed by atoms with van der Waals surface area (Å²) >= 11 is 0. The molecular formula is C9H17N5. The van der Waals surface area contributed by atoms with Gasteiger partial charge in [-0.15, -0.1) is 10.2 Å². The molecular weight excluding hydrogens is 178 g/mol. The standard InChI is InChI=1S/C9H17N5/c1-6-4-11-5-7(6)8-12-13-9(10-2)14(8)3/h6-7,11H,4-5H2,1-3H3,(H,10,13)/t6-,7-/m1/s1. The van der Waals surface area contributed by atoms with Crippen LogP contribution in [0.3, 0.4) is 0 Å². The second-order valence-electron chi connectivity index (χ2n) is 3.93. The van der Waals surface area contributed by atoms with Crippen molar-refractivity contribution in [3.05, 3.63) is 5.82 Å². The lowest BCUT2D eigenvalue weighted by Gasteiger charge is -2.13. The van der Waals surface area contributed by atoms with E-state index >= 15 is 0 Å². The average Bonchev–Trinajstić information content (AvgIpc) is 2.72. The van der Waals surface area contributed by atoms with Crippen LogP contribution < -0.4 is 10.6 Å². The van der Waals surface area contributed by atoms with E-state index in [2.05, 4.69) is 27.8 Å². The summed E-state index contributed by atoms with van der Waals surface area (Å²) in [6, 6.07) is 0. The SMILES string of the molecule is CNc1nnc([C@@H]2CNC[C@H]2C)n1C. The average molecular weight is 195 g/mol. The van der Waals surface area contributed by atoms with Crippen molar-refractivity contribution in [2.75, 3.05) is 25.5 Å². The minimum absolute atomic E-state index is 0.495. The molecule has 1 aliphatic heterocycles. The van der Waals surface area contributed by atoms with Gasteiger partial charge in [0.2, 0.25) is 5.95 Å². The van der Waals surface area contributed by atoms with Crippen LogP contribution in [0.5, 0.6) is 0 Å². The number of hydrogen-bond acceptors (Lipinski definition) is 4. The second kappa shape index (κ2) is 3.57. The van der Waals surface area contributed by atoms with Crippen LogP contribution in [0, 0.1) is 5.92 Å². The quantitative estimate of drug-likeness (QED) is 0.707. The summed E-state index contributed by atoms with van der Waals surface area (Å²) < 4.78 is 2.04. The van der Waals surface area contributed by atoms with Crippen LogP contribution in [-0.4, -0.2) is 34.9 Å². The van der Waals surface area contributed by atoms with Crippen molar-refractivity contribution < 1.29 is 0 Å². The van der Waals surface area contributed by atoms with E-state index < -0.39 is 0 Å². The molecule has 2 N–H and O–H groups in total. The van der Waals surface area contributed by atoms with Crippen LogP contribution in [0.1, 0.15) is 18.7 Å². The fraction of sp³-hybridized carbons (Fsp3) is 0.778. The summed E-state index contributed by atoms with van der Waals surface area (Å²) in [5, 5.41) is 14.7. The molecule has 1 fully saturated rings. The Hall–Kier alpha value is -1.10. The van der Waals surface area contributed by atoms with Crippen molar-refractivity contribution in [3.63, 3.8) is 0 Å². The molecule has 0 unspecified atom stereocenters. The predicted octanol–water partition coefficient (Wildman–Crippen LogP) is 0.180. The van der Waals surface area contributed by atoms with E-state index in [-0.39, 0.29) is 0 Å². The van der Waals surface area contributed by atoms with Crippen LogP contribution in [0.15, 0.2) is 0 Å². The van der Waals surface area contributed by atoms with Gasteiger partial charge < -0.3 is 15.2 Å². The Kier molecular flexibility index (Phi) is 2.41. The largest absolute Gasteiger partial charge is 0.357 e. The Labute approximate surface area is 83.9 Å². The fourth-order valence-corrected chi connectivity index (χ4v) is 2.04. The zero-order valence-corrected chi connectivity index (χ0v) is 8.91. The fourth-order valence-electron chi connectivity index (χ4n) is 2.04. The molecule has 0 aliphatic carbocycles. The zero-order valence-electron chi connectivity index (χ0n) is 8.91. The molecule has 1 aromatic rings. The van der Waals surface area contributed by atoms with Crippen molar-refractivity contribution in [3.8, 4) is 0 Å². The van der Waals surface area contributed by atoms with Crippen LogP contribution in [0.25, 0.3) is 0 Å². The molecule has 1 saturated heterocycles. The van der Waals surface area contributed by atoms with Crippen LogP contribution in [-0.2, 0) is 7.05 Å². The van der Waals surface area contributed by atoms with Gasteiger partial charge in [0.15, 0.2) is 0 Å². The Morgan fingerprint density at radius 1 is 1.43 bits per heavy atom. The van der Waals surface area contributed by atoms with Gasteiger partial charge in [-0.05, 0) is 12.5 Å². The molecule has 0 amide bonds. The highest BCUT2D eigenvalue weighted by Crippen LogP contribution is 2.26. The van der Waals surface area contributed by atoms with Gasteiger partial charge >= 0.3 is 0 Å². The summed E-state index contributed by atoms with van der Waals surface area (Å²) in [7, 11) is 3.87. The molecule has 0 spiro atoms. The highest BCUT2D eigenvalue weighted by Gasteiger charge is 2.28. The third-order valence-electron chi connectivity index (χ3n) is 2.98. The van der Waals surface area contributed by atoms with Gasteiger partial charge in [0.1, 0.15) is 5.82 Å². The van der Waals surface area contributed by atoms with E-state index in [1.54, 1.807) is 0 Å². The summed E-state index contributed by atoms with van der Waals surface area (Å²) in [4.78, 5) is 0. The summed E-state index contributed by atoms with van der Waals surface area (Å²) in [6.07, 6.45) is 0. The first-order chi connectivity index (χ1) is 6.74. The van der Waals surface area contributed by atoms with E-state index in [0.29, 0.717) is 11.8 Å². The predicted molar refractivity (Wildman–Crippen MR) is 55.3 cm³/mol. The molecule has 2 heterocycles. The summed E-state index contributed by atoms with van der Waals surface area (Å²) in [5.41, 5.74) is 0. The van der Waals surface area contributed by atoms with E-state index in [9.17, 15) is 0 Å². The molecule has 1 aliphatic rings. The van der Waals surface area contributed by atoms with Gasteiger partial charge in [-0.1, -0.05) is 6.92 Å². The molecule has 2 rings (SSSR count). The third-order valence-corrected chi connectivity index (χ3v) is 2.98. The van der Waals surface area contributed by atoms with Gasteiger partial charge in [0.25, 0.3) is 0 Å². The lowest BCUT2D eigenvalue weighted by atomic mass is 9.97. The first kappa shape index (κ1) is 9.45. The van der Waals surface area contributed by atoms with Crippen molar-refractivity contribution >= 4 is 5.95 Å². The molecule has 5 heteroatoms.